The fraction of sp³-hybridized carbons (Fsp3) is 0.312. The first-order valence-electron chi connectivity index (χ1n) is 7.69. The highest BCUT2D eigenvalue weighted by Gasteiger charge is 2.18. The number of aliphatic hydroxyl groups is 1. The van der Waals surface area contributed by atoms with Gasteiger partial charge in [-0.1, -0.05) is 6.07 Å². The van der Waals surface area contributed by atoms with Gasteiger partial charge in [0.2, 0.25) is 0 Å². The molecule has 0 saturated carbocycles. The third-order valence-corrected chi connectivity index (χ3v) is 4.01. The molecule has 0 bridgehead atoms. The first-order chi connectivity index (χ1) is 11.3. The van der Waals surface area contributed by atoms with Crippen LogP contribution in [0.4, 0.5) is 0 Å². The summed E-state index contributed by atoms with van der Waals surface area (Å²) in [6, 6.07) is 7.58. The zero-order chi connectivity index (χ0) is 15.6. The molecule has 1 aliphatic rings. The van der Waals surface area contributed by atoms with Crippen molar-refractivity contribution in [2.24, 2.45) is 0 Å². The van der Waals surface area contributed by atoms with Crippen molar-refractivity contribution < 1.29 is 5.11 Å². The monoisotopic (exact) mass is 310 g/mol. The number of hydrogen-bond acceptors (Lipinski definition) is 5. The number of pyridine rings is 1. The molecule has 2 N–H and O–H groups in total. The molecule has 0 saturated heterocycles. The standard InChI is InChI=1S/C16H18N6O/c23-15(13-3-1-2-4-18-13)11-21-7-6-19-16(21)14-9-12-10-17-5-8-22(12)20-14/h1-4,6-7,9,15,17,23H,5,8,10-11H2. The Labute approximate surface area is 133 Å². The van der Waals surface area contributed by atoms with Gasteiger partial charge in [-0.3, -0.25) is 9.67 Å². The lowest BCUT2D eigenvalue weighted by atomic mass is 10.2. The summed E-state index contributed by atoms with van der Waals surface area (Å²) >= 11 is 0. The summed E-state index contributed by atoms with van der Waals surface area (Å²) in [5.74, 6) is 0.766. The van der Waals surface area contributed by atoms with Gasteiger partial charge in [0.25, 0.3) is 0 Å². The highest BCUT2D eigenvalue weighted by Crippen LogP contribution is 2.21. The SMILES string of the molecule is OC(Cn1ccnc1-c1cc2n(n1)CCNC2)c1ccccn1. The van der Waals surface area contributed by atoms with Gasteiger partial charge in [0.1, 0.15) is 11.8 Å². The lowest BCUT2D eigenvalue weighted by Crippen LogP contribution is -2.28. The zero-order valence-electron chi connectivity index (χ0n) is 12.6. The van der Waals surface area contributed by atoms with Crippen LogP contribution in [0.1, 0.15) is 17.5 Å². The summed E-state index contributed by atoms with van der Waals surface area (Å²) in [5.41, 5.74) is 2.65. The van der Waals surface area contributed by atoms with Crippen LogP contribution in [-0.4, -0.2) is 36.0 Å². The Bertz CT molecular complexity index is 771. The largest absolute Gasteiger partial charge is 0.385 e. The fourth-order valence-corrected chi connectivity index (χ4v) is 2.84. The van der Waals surface area contributed by atoms with Gasteiger partial charge in [0.05, 0.1) is 24.5 Å². The van der Waals surface area contributed by atoms with Crippen LogP contribution in [0.25, 0.3) is 11.5 Å². The number of aromatic nitrogens is 5. The predicted molar refractivity (Wildman–Crippen MR) is 84.4 cm³/mol. The zero-order valence-corrected chi connectivity index (χ0v) is 12.6. The molecular weight excluding hydrogens is 292 g/mol. The van der Waals surface area contributed by atoms with E-state index in [0.29, 0.717) is 12.2 Å². The molecule has 4 heterocycles. The summed E-state index contributed by atoms with van der Waals surface area (Å²) < 4.78 is 3.93. The normalized spacial score (nSPS) is 15.3. The van der Waals surface area contributed by atoms with Crippen molar-refractivity contribution in [3.63, 3.8) is 0 Å². The lowest BCUT2D eigenvalue weighted by Gasteiger charge is -2.13. The van der Waals surface area contributed by atoms with Gasteiger partial charge >= 0.3 is 0 Å². The van der Waals surface area contributed by atoms with Gasteiger partial charge in [0.15, 0.2) is 5.82 Å². The van der Waals surface area contributed by atoms with Crippen molar-refractivity contribution in [1.82, 2.24) is 29.6 Å². The van der Waals surface area contributed by atoms with E-state index in [1.54, 1.807) is 12.4 Å². The van der Waals surface area contributed by atoms with E-state index >= 15 is 0 Å². The minimum absolute atomic E-state index is 0.396. The molecule has 0 radical (unpaired) electrons. The molecule has 1 atom stereocenters. The molecule has 0 spiro atoms. The third kappa shape index (κ3) is 2.76. The summed E-state index contributed by atoms with van der Waals surface area (Å²) in [4.78, 5) is 8.61. The van der Waals surface area contributed by atoms with Crippen LogP contribution in [-0.2, 0) is 19.6 Å². The van der Waals surface area contributed by atoms with Crippen molar-refractivity contribution in [1.29, 1.82) is 0 Å². The average Bonchev–Trinajstić information content (AvgIpc) is 3.21. The maximum Gasteiger partial charge on any atom is 0.160 e. The highest BCUT2D eigenvalue weighted by molar-refractivity contribution is 5.50. The van der Waals surface area contributed by atoms with Crippen molar-refractivity contribution >= 4 is 0 Å². The van der Waals surface area contributed by atoms with E-state index < -0.39 is 6.10 Å². The molecule has 1 unspecified atom stereocenters. The summed E-state index contributed by atoms with van der Waals surface area (Å²) in [7, 11) is 0. The highest BCUT2D eigenvalue weighted by atomic mass is 16.3. The average molecular weight is 310 g/mol. The van der Waals surface area contributed by atoms with Crippen molar-refractivity contribution in [2.45, 2.75) is 25.7 Å². The Hall–Kier alpha value is -2.51. The minimum Gasteiger partial charge on any atom is -0.385 e. The van der Waals surface area contributed by atoms with Gasteiger partial charge in [-0.15, -0.1) is 0 Å². The predicted octanol–water partition coefficient (Wildman–Crippen LogP) is 0.978. The molecule has 23 heavy (non-hydrogen) atoms. The van der Waals surface area contributed by atoms with E-state index in [-0.39, 0.29) is 0 Å². The molecule has 3 aromatic heterocycles. The van der Waals surface area contributed by atoms with Crippen LogP contribution in [0.2, 0.25) is 0 Å². The number of hydrogen-bond donors (Lipinski definition) is 2. The molecule has 118 valence electrons. The van der Waals surface area contributed by atoms with E-state index in [1.807, 2.05) is 33.6 Å². The van der Waals surface area contributed by atoms with Gasteiger partial charge in [-0.2, -0.15) is 5.10 Å². The first kappa shape index (κ1) is 14.1. The van der Waals surface area contributed by atoms with Gasteiger partial charge in [-0.25, -0.2) is 4.98 Å². The van der Waals surface area contributed by atoms with Crippen molar-refractivity contribution in [3.05, 3.63) is 54.2 Å². The van der Waals surface area contributed by atoms with E-state index in [0.717, 1.165) is 36.8 Å². The Balaban J connectivity index is 1.60. The number of fused-ring (bicyclic) bond motifs is 1. The van der Waals surface area contributed by atoms with Crippen LogP contribution in [0.3, 0.4) is 0 Å². The summed E-state index contributed by atoms with van der Waals surface area (Å²) in [6.07, 6.45) is 4.60. The second kappa shape index (κ2) is 5.94. The number of nitrogens with one attached hydrogen (secondary N) is 1. The summed E-state index contributed by atoms with van der Waals surface area (Å²) in [5, 5.41) is 18.3. The Morgan fingerprint density at radius 3 is 3.04 bits per heavy atom. The van der Waals surface area contributed by atoms with E-state index in [9.17, 15) is 5.11 Å². The maximum atomic E-state index is 10.4. The van der Waals surface area contributed by atoms with Gasteiger partial charge in [0, 0.05) is 31.7 Å². The Morgan fingerprint density at radius 1 is 1.26 bits per heavy atom. The van der Waals surface area contributed by atoms with Gasteiger partial charge in [-0.05, 0) is 18.2 Å². The van der Waals surface area contributed by atoms with Crippen LogP contribution < -0.4 is 5.32 Å². The second-order valence-electron chi connectivity index (χ2n) is 5.59. The fourth-order valence-electron chi connectivity index (χ4n) is 2.84. The first-order valence-corrected chi connectivity index (χ1v) is 7.69. The Morgan fingerprint density at radius 2 is 2.22 bits per heavy atom. The molecular formula is C16H18N6O. The topological polar surface area (TPSA) is 80.8 Å². The molecule has 0 aromatic carbocycles. The number of nitrogens with zero attached hydrogens (tertiary/aromatic N) is 5. The molecule has 0 amide bonds. The molecule has 4 rings (SSSR count). The van der Waals surface area contributed by atoms with E-state index in [4.69, 9.17) is 0 Å². The summed E-state index contributed by atoms with van der Waals surface area (Å²) in [6.45, 7) is 3.02. The minimum atomic E-state index is -0.678. The molecule has 0 fully saturated rings. The second-order valence-corrected chi connectivity index (χ2v) is 5.59. The number of rotatable bonds is 4. The van der Waals surface area contributed by atoms with Crippen molar-refractivity contribution in [3.8, 4) is 11.5 Å². The molecule has 7 heteroatoms. The van der Waals surface area contributed by atoms with Crippen LogP contribution in [0.15, 0.2) is 42.9 Å². The van der Waals surface area contributed by atoms with Crippen molar-refractivity contribution in [2.75, 3.05) is 6.54 Å². The number of imidazole rings is 1. The Kier molecular flexibility index (Phi) is 3.64. The lowest BCUT2D eigenvalue weighted by molar-refractivity contribution is 0.152. The van der Waals surface area contributed by atoms with E-state index in [1.165, 1.54) is 0 Å². The maximum absolute atomic E-state index is 10.4. The molecule has 7 nitrogen and oxygen atoms in total. The molecule has 1 aliphatic heterocycles. The number of aliphatic hydroxyl groups excluding tert-OH is 1. The van der Waals surface area contributed by atoms with E-state index in [2.05, 4.69) is 26.4 Å². The van der Waals surface area contributed by atoms with Crippen LogP contribution >= 0.6 is 0 Å². The van der Waals surface area contributed by atoms with Crippen LogP contribution in [0.5, 0.6) is 0 Å². The smallest absolute Gasteiger partial charge is 0.160 e. The molecule has 3 aromatic rings. The van der Waals surface area contributed by atoms with Crippen LogP contribution in [0, 0.1) is 0 Å². The molecule has 0 aliphatic carbocycles. The third-order valence-electron chi connectivity index (χ3n) is 4.01. The quantitative estimate of drug-likeness (QED) is 0.751. The van der Waals surface area contributed by atoms with Gasteiger partial charge < -0.3 is 15.0 Å².